The molecule has 1 nitrogen and oxygen atoms in total. The predicted molar refractivity (Wildman–Crippen MR) is 76.7 cm³/mol. The molecule has 0 saturated heterocycles. The van der Waals surface area contributed by atoms with Crippen molar-refractivity contribution in [2.24, 2.45) is 0 Å². The first-order valence-corrected chi connectivity index (χ1v) is 7.74. The Kier molecular flexibility index (Phi) is 3.99. The van der Waals surface area contributed by atoms with Crippen LogP contribution in [0.1, 0.15) is 68.4 Å². The van der Waals surface area contributed by atoms with Crippen molar-refractivity contribution in [2.75, 3.05) is 0 Å². The zero-order valence-electron chi connectivity index (χ0n) is 11.3. The van der Waals surface area contributed by atoms with Crippen molar-refractivity contribution in [3.8, 4) is 0 Å². The van der Waals surface area contributed by atoms with Gasteiger partial charge in [-0.3, -0.25) is 0 Å². The number of rotatable bonds is 4. The monoisotopic (exact) mass is 243 g/mol. The highest BCUT2D eigenvalue weighted by Gasteiger charge is 2.23. The van der Waals surface area contributed by atoms with E-state index < -0.39 is 0 Å². The first-order chi connectivity index (χ1) is 8.92. The Bertz CT molecular complexity index is 373. The van der Waals surface area contributed by atoms with Crippen molar-refractivity contribution in [1.82, 2.24) is 5.32 Å². The summed E-state index contributed by atoms with van der Waals surface area (Å²) in [5, 5.41) is 3.76. The molecule has 0 aliphatic heterocycles. The van der Waals surface area contributed by atoms with Crippen molar-refractivity contribution < 1.29 is 0 Å². The van der Waals surface area contributed by atoms with E-state index in [4.69, 9.17) is 0 Å². The van der Waals surface area contributed by atoms with Crippen molar-refractivity contribution in [2.45, 2.75) is 69.9 Å². The predicted octanol–water partition coefficient (Wildman–Crippen LogP) is 4.38. The van der Waals surface area contributed by atoms with Gasteiger partial charge < -0.3 is 5.32 Å². The van der Waals surface area contributed by atoms with Gasteiger partial charge in [-0.2, -0.15) is 0 Å². The lowest BCUT2D eigenvalue weighted by atomic mass is 10.1. The number of benzene rings is 1. The molecule has 0 atom stereocenters. The molecule has 1 heteroatoms. The van der Waals surface area contributed by atoms with Crippen LogP contribution in [-0.2, 0) is 6.54 Å². The number of hydrogen-bond acceptors (Lipinski definition) is 1. The van der Waals surface area contributed by atoms with Gasteiger partial charge in [0.25, 0.3) is 0 Å². The van der Waals surface area contributed by atoms with E-state index in [0.717, 1.165) is 18.5 Å². The lowest BCUT2D eigenvalue weighted by Gasteiger charge is -2.16. The standard InChI is InChI=1S/C17H25N/c1-2-4-9-17(8-3-1)18-13-14-6-5-7-16(12-14)15-10-11-15/h5-7,12,15,17-18H,1-4,8-11,13H2. The summed E-state index contributed by atoms with van der Waals surface area (Å²) in [5.41, 5.74) is 3.04. The van der Waals surface area contributed by atoms with Gasteiger partial charge in [-0.25, -0.2) is 0 Å². The normalized spacial score (nSPS) is 21.8. The molecule has 0 unspecified atom stereocenters. The van der Waals surface area contributed by atoms with Crippen LogP contribution in [-0.4, -0.2) is 6.04 Å². The zero-order chi connectivity index (χ0) is 12.2. The molecular weight excluding hydrogens is 218 g/mol. The van der Waals surface area contributed by atoms with E-state index in [1.807, 2.05) is 0 Å². The third-order valence-electron chi connectivity index (χ3n) is 4.45. The van der Waals surface area contributed by atoms with E-state index in [2.05, 4.69) is 29.6 Å². The third-order valence-corrected chi connectivity index (χ3v) is 4.45. The van der Waals surface area contributed by atoms with E-state index in [0.29, 0.717) is 0 Å². The summed E-state index contributed by atoms with van der Waals surface area (Å²) in [7, 11) is 0. The second-order valence-electron chi connectivity index (χ2n) is 6.09. The van der Waals surface area contributed by atoms with E-state index in [9.17, 15) is 0 Å². The quantitative estimate of drug-likeness (QED) is 0.774. The first-order valence-electron chi connectivity index (χ1n) is 7.74. The van der Waals surface area contributed by atoms with Crippen molar-refractivity contribution in [3.05, 3.63) is 35.4 Å². The molecule has 98 valence electrons. The largest absolute Gasteiger partial charge is 0.310 e. The van der Waals surface area contributed by atoms with E-state index in [1.165, 1.54) is 56.9 Å². The second kappa shape index (κ2) is 5.88. The molecule has 2 fully saturated rings. The molecule has 0 aromatic heterocycles. The molecule has 1 aromatic carbocycles. The summed E-state index contributed by atoms with van der Waals surface area (Å²) in [6.07, 6.45) is 11.3. The average Bonchev–Trinajstić information content (AvgIpc) is 3.24. The van der Waals surface area contributed by atoms with Crippen LogP contribution in [0, 0.1) is 0 Å². The Morgan fingerprint density at radius 2 is 1.72 bits per heavy atom. The molecular formula is C17H25N. The van der Waals surface area contributed by atoms with E-state index >= 15 is 0 Å². The summed E-state index contributed by atoms with van der Waals surface area (Å²) in [6.45, 7) is 1.06. The summed E-state index contributed by atoms with van der Waals surface area (Å²) >= 11 is 0. The summed E-state index contributed by atoms with van der Waals surface area (Å²) in [5.74, 6) is 0.878. The van der Waals surface area contributed by atoms with Gasteiger partial charge in [0.1, 0.15) is 0 Å². The maximum Gasteiger partial charge on any atom is 0.0208 e. The van der Waals surface area contributed by atoms with Crippen LogP contribution in [0.5, 0.6) is 0 Å². The van der Waals surface area contributed by atoms with Gasteiger partial charge in [-0.05, 0) is 42.7 Å². The van der Waals surface area contributed by atoms with Crippen LogP contribution in [0.25, 0.3) is 0 Å². The fraction of sp³-hybridized carbons (Fsp3) is 0.647. The van der Waals surface area contributed by atoms with Crippen LogP contribution in [0.15, 0.2) is 24.3 Å². The lowest BCUT2D eigenvalue weighted by molar-refractivity contribution is 0.459. The van der Waals surface area contributed by atoms with Gasteiger partial charge in [0, 0.05) is 12.6 Å². The van der Waals surface area contributed by atoms with Crippen LogP contribution >= 0.6 is 0 Å². The molecule has 0 spiro atoms. The molecule has 0 bridgehead atoms. The van der Waals surface area contributed by atoms with Crippen LogP contribution < -0.4 is 5.32 Å². The molecule has 0 heterocycles. The molecule has 3 rings (SSSR count). The Balaban J connectivity index is 1.53. The van der Waals surface area contributed by atoms with Gasteiger partial charge in [-0.1, -0.05) is 49.9 Å². The number of hydrogen-bond donors (Lipinski definition) is 1. The highest BCUT2D eigenvalue weighted by molar-refractivity contribution is 5.29. The summed E-state index contributed by atoms with van der Waals surface area (Å²) < 4.78 is 0. The van der Waals surface area contributed by atoms with Gasteiger partial charge in [-0.15, -0.1) is 0 Å². The van der Waals surface area contributed by atoms with Gasteiger partial charge in [0.15, 0.2) is 0 Å². The molecule has 2 aliphatic rings. The van der Waals surface area contributed by atoms with Gasteiger partial charge in [0.2, 0.25) is 0 Å². The molecule has 2 saturated carbocycles. The van der Waals surface area contributed by atoms with Crippen LogP contribution in [0.2, 0.25) is 0 Å². The smallest absolute Gasteiger partial charge is 0.0208 e. The topological polar surface area (TPSA) is 12.0 Å². The minimum atomic E-state index is 0.761. The first kappa shape index (κ1) is 12.2. The maximum atomic E-state index is 3.76. The molecule has 18 heavy (non-hydrogen) atoms. The Labute approximate surface area is 111 Å². The van der Waals surface area contributed by atoms with Crippen molar-refractivity contribution in [1.29, 1.82) is 0 Å². The average molecular weight is 243 g/mol. The SMILES string of the molecule is c1cc(CNC2CCCCCC2)cc(C2CC2)c1. The van der Waals surface area contributed by atoms with Crippen molar-refractivity contribution >= 4 is 0 Å². The highest BCUT2D eigenvalue weighted by Crippen LogP contribution is 2.40. The molecule has 1 N–H and O–H groups in total. The van der Waals surface area contributed by atoms with E-state index in [-0.39, 0.29) is 0 Å². The van der Waals surface area contributed by atoms with Crippen LogP contribution in [0.3, 0.4) is 0 Å². The van der Waals surface area contributed by atoms with Crippen molar-refractivity contribution in [3.63, 3.8) is 0 Å². The molecule has 0 amide bonds. The lowest BCUT2D eigenvalue weighted by Crippen LogP contribution is -2.27. The zero-order valence-corrected chi connectivity index (χ0v) is 11.3. The Hall–Kier alpha value is -0.820. The summed E-state index contributed by atoms with van der Waals surface area (Å²) in [4.78, 5) is 0. The molecule has 1 aromatic rings. The fourth-order valence-corrected chi connectivity index (χ4v) is 3.12. The molecule has 0 radical (unpaired) electrons. The van der Waals surface area contributed by atoms with Gasteiger partial charge >= 0.3 is 0 Å². The van der Waals surface area contributed by atoms with Crippen LogP contribution in [0.4, 0.5) is 0 Å². The fourth-order valence-electron chi connectivity index (χ4n) is 3.12. The Morgan fingerprint density at radius 3 is 2.44 bits per heavy atom. The number of nitrogens with one attached hydrogen (secondary N) is 1. The highest BCUT2D eigenvalue weighted by atomic mass is 14.9. The third kappa shape index (κ3) is 3.35. The molecule has 2 aliphatic carbocycles. The minimum Gasteiger partial charge on any atom is -0.310 e. The van der Waals surface area contributed by atoms with Gasteiger partial charge in [0.05, 0.1) is 0 Å². The Morgan fingerprint density at radius 1 is 0.944 bits per heavy atom. The van der Waals surface area contributed by atoms with E-state index in [1.54, 1.807) is 5.56 Å². The minimum absolute atomic E-state index is 0.761. The summed E-state index contributed by atoms with van der Waals surface area (Å²) in [6, 6.07) is 9.98. The second-order valence-corrected chi connectivity index (χ2v) is 6.09. The maximum absolute atomic E-state index is 3.76.